The molecule has 3 heterocycles. The number of hydrogen-bond acceptors (Lipinski definition) is 5. The van der Waals surface area contributed by atoms with Gasteiger partial charge < -0.3 is 14.9 Å². The molecule has 6 heteroatoms. The van der Waals surface area contributed by atoms with Gasteiger partial charge in [-0.1, -0.05) is 19.8 Å². The molecule has 1 aromatic heterocycles. The quantitative estimate of drug-likeness (QED) is 0.882. The first-order valence-corrected chi connectivity index (χ1v) is 10.6. The smallest absolute Gasteiger partial charge is 0.225 e. The van der Waals surface area contributed by atoms with E-state index in [-0.39, 0.29) is 17.4 Å². The minimum atomic E-state index is -0.358. The number of aryl methyl sites for hydroxylation is 1. The standard InChI is InChI=1S/C21H32N4O2/c1-2-16-12-22-20(23-13-16)25-11-8-18(26)21(15-25)9-5-10-24(14-21)19(27)17-6-3-4-7-17/h12-13,17-18,26H,2-11,14-15H2,1H3/t18-,21+/m1/s1. The van der Waals surface area contributed by atoms with Gasteiger partial charge in [-0.25, -0.2) is 9.97 Å². The third-order valence-electron chi connectivity index (χ3n) is 6.89. The summed E-state index contributed by atoms with van der Waals surface area (Å²) < 4.78 is 0. The Balaban J connectivity index is 1.49. The number of aromatic nitrogens is 2. The molecule has 6 nitrogen and oxygen atoms in total. The normalized spacial score (nSPS) is 29.5. The fourth-order valence-electron chi connectivity index (χ4n) is 5.19. The number of anilines is 1. The van der Waals surface area contributed by atoms with Crippen molar-refractivity contribution in [2.75, 3.05) is 31.1 Å². The van der Waals surface area contributed by atoms with Gasteiger partial charge in [-0.05, 0) is 44.1 Å². The molecule has 0 bridgehead atoms. The van der Waals surface area contributed by atoms with Crippen LogP contribution in [0.3, 0.4) is 0 Å². The Hall–Kier alpha value is -1.69. The highest BCUT2D eigenvalue weighted by Crippen LogP contribution is 2.40. The summed E-state index contributed by atoms with van der Waals surface area (Å²) in [6.45, 7) is 5.11. The lowest BCUT2D eigenvalue weighted by atomic mass is 9.71. The number of likely N-dealkylation sites (tertiary alicyclic amines) is 1. The van der Waals surface area contributed by atoms with Crippen molar-refractivity contribution in [3.8, 4) is 0 Å². The number of aliphatic hydroxyl groups is 1. The van der Waals surface area contributed by atoms with Crippen LogP contribution in [0.2, 0.25) is 0 Å². The molecule has 1 N–H and O–H groups in total. The van der Waals surface area contributed by atoms with E-state index in [4.69, 9.17) is 0 Å². The molecule has 1 aromatic rings. The molecule has 1 saturated carbocycles. The lowest BCUT2D eigenvalue weighted by Gasteiger charge is -2.51. The van der Waals surface area contributed by atoms with E-state index in [1.165, 1.54) is 12.8 Å². The van der Waals surface area contributed by atoms with Gasteiger partial charge >= 0.3 is 0 Å². The van der Waals surface area contributed by atoms with Gasteiger partial charge in [0, 0.05) is 49.9 Å². The Morgan fingerprint density at radius 1 is 1.15 bits per heavy atom. The highest BCUT2D eigenvalue weighted by molar-refractivity contribution is 5.79. The van der Waals surface area contributed by atoms with E-state index in [1.807, 2.05) is 17.3 Å². The molecule has 0 radical (unpaired) electrons. The van der Waals surface area contributed by atoms with Crippen molar-refractivity contribution in [3.05, 3.63) is 18.0 Å². The molecular formula is C21H32N4O2. The van der Waals surface area contributed by atoms with E-state index in [2.05, 4.69) is 21.8 Å². The monoisotopic (exact) mass is 372 g/mol. The average Bonchev–Trinajstić information content (AvgIpc) is 3.25. The van der Waals surface area contributed by atoms with Gasteiger partial charge in [0.15, 0.2) is 0 Å². The third-order valence-corrected chi connectivity index (χ3v) is 6.89. The van der Waals surface area contributed by atoms with Crippen LogP contribution in [0.4, 0.5) is 5.95 Å². The van der Waals surface area contributed by atoms with Crippen molar-refractivity contribution >= 4 is 11.9 Å². The molecular weight excluding hydrogens is 340 g/mol. The van der Waals surface area contributed by atoms with Crippen molar-refractivity contribution in [2.45, 2.75) is 64.4 Å². The first kappa shape index (κ1) is 18.7. The number of nitrogens with zero attached hydrogens (tertiary/aromatic N) is 4. The Labute approximate surface area is 162 Å². The van der Waals surface area contributed by atoms with Crippen molar-refractivity contribution < 1.29 is 9.90 Å². The molecule has 1 spiro atoms. The molecule has 1 aliphatic carbocycles. The summed E-state index contributed by atoms with van der Waals surface area (Å²) in [6, 6.07) is 0. The second kappa shape index (κ2) is 7.74. The zero-order chi connectivity index (χ0) is 18.9. The van der Waals surface area contributed by atoms with Crippen LogP contribution in [-0.4, -0.2) is 58.2 Å². The molecule has 2 atom stereocenters. The van der Waals surface area contributed by atoms with Crippen LogP contribution in [0.15, 0.2) is 12.4 Å². The number of piperidine rings is 2. The largest absolute Gasteiger partial charge is 0.392 e. The SMILES string of the molecule is CCc1cnc(N2CC[C@@H](O)[C@]3(CCCN(C(=O)C4CCCC4)C3)C2)nc1. The molecule has 27 heavy (non-hydrogen) atoms. The van der Waals surface area contributed by atoms with Gasteiger partial charge in [-0.2, -0.15) is 0 Å². The molecule has 2 saturated heterocycles. The highest BCUT2D eigenvalue weighted by atomic mass is 16.3. The maximum Gasteiger partial charge on any atom is 0.225 e. The summed E-state index contributed by atoms with van der Waals surface area (Å²) >= 11 is 0. The van der Waals surface area contributed by atoms with Gasteiger partial charge in [-0.15, -0.1) is 0 Å². The number of rotatable bonds is 3. The van der Waals surface area contributed by atoms with Crippen LogP contribution >= 0.6 is 0 Å². The van der Waals surface area contributed by atoms with Crippen molar-refractivity contribution in [3.63, 3.8) is 0 Å². The van der Waals surface area contributed by atoms with Crippen molar-refractivity contribution in [1.82, 2.24) is 14.9 Å². The van der Waals surface area contributed by atoms with Gasteiger partial charge in [-0.3, -0.25) is 4.79 Å². The van der Waals surface area contributed by atoms with Crippen LogP contribution < -0.4 is 4.90 Å². The van der Waals surface area contributed by atoms with Gasteiger partial charge in [0.05, 0.1) is 6.10 Å². The van der Waals surface area contributed by atoms with E-state index < -0.39 is 0 Å². The Kier molecular flexibility index (Phi) is 5.35. The van der Waals surface area contributed by atoms with Crippen LogP contribution in [0.5, 0.6) is 0 Å². The molecule has 3 fully saturated rings. The maximum absolute atomic E-state index is 13.0. The van der Waals surface area contributed by atoms with E-state index in [0.717, 1.165) is 63.3 Å². The number of aliphatic hydroxyl groups excluding tert-OH is 1. The molecule has 0 aromatic carbocycles. The minimum absolute atomic E-state index is 0.210. The van der Waals surface area contributed by atoms with Crippen LogP contribution in [0.25, 0.3) is 0 Å². The lowest BCUT2D eigenvalue weighted by Crippen LogP contribution is -2.60. The minimum Gasteiger partial charge on any atom is -0.392 e. The molecule has 1 amide bonds. The predicted molar refractivity (Wildman–Crippen MR) is 104 cm³/mol. The van der Waals surface area contributed by atoms with Crippen molar-refractivity contribution in [2.24, 2.45) is 11.3 Å². The maximum atomic E-state index is 13.0. The second-order valence-corrected chi connectivity index (χ2v) is 8.68. The van der Waals surface area contributed by atoms with E-state index in [9.17, 15) is 9.90 Å². The summed E-state index contributed by atoms with van der Waals surface area (Å²) in [5, 5.41) is 10.9. The second-order valence-electron chi connectivity index (χ2n) is 8.68. The van der Waals surface area contributed by atoms with E-state index >= 15 is 0 Å². The summed E-state index contributed by atoms with van der Waals surface area (Å²) in [4.78, 5) is 26.3. The molecule has 2 aliphatic heterocycles. The average molecular weight is 373 g/mol. The first-order valence-electron chi connectivity index (χ1n) is 10.6. The van der Waals surface area contributed by atoms with Crippen LogP contribution in [-0.2, 0) is 11.2 Å². The zero-order valence-electron chi connectivity index (χ0n) is 16.4. The van der Waals surface area contributed by atoms with Crippen LogP contribution in [0.1, 0.15) is 57.4 Å². The third kappa shape index (κ3) is 3.68. The van der Waals surface area contributed by atoms with E-state index in [0.29, 0.717) is 18.9 Å². The van der Waals surface area contributed by atoms with Gasteiger partial charge in [0.25, 0.3) is 0 Å². The number of amides is 1. The van der Waals surface area contributed by atoms with Crippen LogP contribution in [0, 0.1) is 11.3 Å². The molecule has 0 unspecified atom stereocenters. The summed E-state index contributed by atoms with van der Waals surface area (Å²) in [7, 11) is 0. The topological polar surface area (TPSA) is 69.6 Å². The highest BCUT2D eigenvalue weighted by Gasteiger charge is 2.47. The first-order chi connectivity index (χ1) is 13.1. The summed E-state index contributed by atoms with van der Waals surface area (Å²) in [5.74, 6) is 1.28. The fourth-order valence-corrected chi connectivity index (χ4v) is 5.19. The van der Waals surface area contributed by atoms with Gasteiger partial charge in [0.2, 0.25) is 11.9 Å². The molecule has 4 rings (SSSR count). The Morgan fingerprint density at radius 2 is 1.89 bits per heavy atom. The predicted octanol–water partition coefficient (Wildman–Crippen LogP) is 2.41. The number of hydrogen-bond donors (Lipinski definition) is 1. The zero-order valence-corrected chi connectivity index (χ0v) is 16.4. The van der Waals surface area contributed by atoms with E-state index in [1.54, 1.807) is 0 Å². The summed E-state index contributed by atoms with van der Waals surface area (Å²) in [6.07, 6.45) is 11.4. The number of carbonyl (C=O) groups excluding carboxylic acids is 1. The van der Waals surface area contributed by atoms with Crippen molar-refractivity contribution in [1.29, 1.82) is 0 Å². The Bertz CT molecular complexity index is 659. The summed E-state index contributed by atoms with van der Waals surface area (Å²) in [5.41, 5.74) is 0.883. The molecule has 148 valence electrons. The lowest BCUT2D eigenvalue weighted by molar-refractivity contribution is -0.142. The number of carbonyl (C=O) groups is 1. The fraction of sp³-hybridized carbons (Fsp3) is 0.762. The molecule has 3 aliphatic rings. The Morgan fingerprint density at radius 3 is 2.59 bits per heavy atom. The van der Waals surface area contributed by atoms with Gasteiger partial charge in [0.1, 0.15) is 0 Å².